The van der Waals surface area contributed by atoms with Crippen molar-refractivity contribution >= 4 is 34.4 Å². The largest absolute Gasteiger partial charge is 0.255 e. The average molecular weight is 306 g/mol. The molecule has 0 aliphatic carbocycles. The van der Waals surface area contributed by atoms with Crippen molar-refractivity contribution in [2.45, 2.75) is 48.8 Å². The summed E-state index contributed by atoms with van der Waals surface area (Å²) in [5, 5.41) is 1.30. The van der Waals surface area contributed by atoms with E-state index in [-0.39, 0.29) is 0 Å². The zero-order chi connectivity index (χ0) is 14.2. The van der Waals surface area contributed by atoms with Gasteiger partial charge in [-0.3, -0.25) is 4.98 Å². The number of fused-ring (bicyclic) bond motifs is 1. The molecule has 0 bridgehead atoms. The highest BCUT2D eigenvalue weighted by molar-refractivity contribution is 7.99. The first-order chi connectivity index (χ1) is 9.86. The van der Waals surface area contributed by atoms with Gasteiger partial charge in [-0.2, -0.15) is 0 Å². The second-order valence-electron chi connectivity index (χ2n) is 4.93. The number of rotatable bonds is 8. The molecule has 0 aliphatic rings. The molecule has 0 fully saturated rings. The van der Waals surface area contributed by atoms with Crippen molar-refractivity contribution in [2.24, 2.45) is 0 Å². The van der Waals surface area contributed by atoms with Crippen LogP contribution in [0.15, 0.2) is 40.3 Å². The quantitative estimate of drug-likeness (QED) is 0.437. The zero-order valence-electron chi connectivity index (χ0n) is 12.4. The SMILES string of the molecule is CCCCCCCSc1ccc(SC)c2ncccc12. The van der Waals surface area contributed by atoms with Gasteiger partial charge in [0.05, 0.1) is 5.52 Å². The van der Waals surface area contributed by atoms with Crippen LogP contribution in [0.25, 0.3) is 10.9 Å². The molecule has 0 radical (unpaired) electrons. The molecule has 0 saturated carbocycles. The number of nitrogens with zero attached hydrogens (tertiary/aromatic N) is 1. The lowest BCUT2D eigenvalue weighted by molar-refractivity contribution is 0.659. The Morgan fingerprint density at radius 3 is 2.60 bits per heavy atom. The first-order valence-corrected chi connectivity index (χ1v) is 9.62. The monoisotopic (exact) mass is 305 g/mol. The minimum atomic E-state index is 1.15. The van der Waals surface area contributed by atoms with Gasteiger partial charge in [0.25, 0.3) is 0 Å². The minimum Gasteiger partial charge on any atom is -0.255 e. The second-order valence-corrected chi connectivity index (χ2v) is 6.91. The van der Waals surface area contributed by atoms with E-state index in [2.05, 4.69) is 36.4 Å². The summed E-state index contributed by atoms with van der Waals surface area (Å²) in [5.41, 5.74) is 1.15. The molecule has 20 heavy (non-hydrogen) atoms. The molecule has 108 valence electrons. The average Bonchev–Trinajstić information content (AvgIpc) is 2.50. The molecule has 1 aromatic heterocycles. The van der Waals surface area contributed by atoms with Gasteiger partial charge >= 0.3 is 0 Å². The Bertz CT molecular complexity index is 540. The summed E-state index contributed by atoms with van der Waals surface area (Å²) in [4.78, 5) is 7.19. The van der Waals surface area contributed by atoms with E-state index in [1.807, 2.05) is 24.0 Å². The summed E-state index contributed by atoms with van der Waals surface area (Å²) in [7, 11) is 0. The fourth-order valence-corrected chi connectivity index (χ4v) is 3.91. The molecule has 0 spiro atoms. The van der Waals surface area contributed by atoms with Gasteiger partial charge in [0.15, 0.2) is 0 Å². The van der Waals surface area contributed by atoms with E-state index in [0.717, 1.165) is 5.52 Å². The van der Waals surface area contributed by atoms with Gasteiger partial charge in [-0.05, 0) is 36.6 Å². The number of hydrogen-bond donors (Lipinski definition) is 0. The Balaban J connectivity index is 2.00. The van der Waals surface area contributed by atoms with Gasteiger partial charge in [0, 0.05) is 21.4 Å². The highest BCUT2D eigenvalue weighted by atomic mass is 32.2. The lowest BCUT2D eigenvalue weighted by atomic mass is 10.2. The van der Waals surface area contributed by atoms with E-state index in [1.165, 1.54) is 53.0 Å². The first kappa shape index (κ1) is 15.7. The number of hydrogen-bond acceptors (Lipinski definition) is 3. The second kappa shape index (κ2) is 8.58. The Kier molecular flexibility index (Phi) is 6.74. The molecule has 0 saturated heterocycles. The Morgan fingerprint density at radius 2 is 1.80 bits per heavy atom. The predicted octanol–water partition coefficient (Wildman–Crippen LogP) is 6.02. The third-order valence-electron chi connectivity index (χ3n) is 3.42. The van der Waals surface area contributed by atoms with Crippen LogP contribution in [0.3, 0.4) is 0 Å². The summed E-state index contributed by atoms with van der Waals surface area (Å²) in [6, 6.07) is 8.70. The number of unbranched alkanes of at least 4 members (excludes halogenated alkanes) is 4. The fourth-order valence-electron chi connectivity index (χ4n) is 2.30. The predicted molar refractivity (Wildman–Crippen MR) is 93.0 cm³/mol. The summed E-state index contributed by atoms with van der Waals surface area (Å²) in [6.45, 7) is 2.27. The lowest BCUT2D eigenvalue weighted by Gasteiger charge is -2.08. The maximum absolute atomic E-state index is 4.55. The van der Waals surface area contributed by atoms with Crippen molar-refractivity contribution in [3.05, 3.63) is 30.5 Å². The summed E-state index contributed by atoms with van der Waals surface area (Å²) in [6.07, 6.45) is 10.8. The molecule has 1 aromatic carbocycles. The maximum atomic E-state index is 4.55. The molecule has 1 nitrogen and oxygen atoms in total. The number of aromatic nitrogens is 1. The van der Waals surface area contributed by atoms with Crippen molar-refractivity contribution in [2.75, 3.05) is 12.0 Å². The van der Waals surface area contributed by atoms with E-state index in [1.54, 1.807) is 11.8 Å². The van der Waals surface area contributed by atoms with Gasteiger partial charge in [-0.1, -0.05) is 38.7 Å². The van der Waals surface area contributed by atoms with Gasteiger partial charge in [-0.15, -0.1) is 23.5 Å². The van der Waals surface area contributed by atoms with E-state index >= 15 is 0 Å². The third kappa shape index (κ3) is 4.16. The van der Waals surface area contributed by atoms with Crippen LogP contribution < -0.4 is 0 Å². The molecular formula is C17H23NS2. The lowest BCUT2D eigenvalue weighted by Crippen LogP contribution is -1.87. The molecule has 2 aromatic rings. The highest BCUT2D eigenvalue weighted by Crippen LogP contribution is 2.33. The van der Waals surface area contributed by atoms with Gasteiger partial charge in [0.2, 0.25) is 0 Å². The fraction of sp³-hybridized carbons (Fsp3) is 0.471. The van der Waals surface area contributed by atoms with E-state index in [0.29, 0.717) is 0 Å². The summed E-state index contributed by atoms with van der Waals surface area (Å²) in [5.74, 6) is 1.21. The first-order valence-electron chi connectivity index (χ1n) is 7.41. The smallest absolute Gasteiger partial charge is 0.0848 e. The van der Waals surface area contributed by atoms with E-state index in [4.69, 9.17) is 0 Å². The molecule has 1 heterocycles. The van der Waals surface area contributed by atoms with Gasteiger partial charge in [-0.25, -0.2) is 0 Å². The van der Waals surface area contributed by atoms with Crippen molar-refractivity contribution in [3.8, 4) is 0 Å². The van der Waals surface area contributed by atoms with Crippen LogP contribution in [-0.4, -0.2) is 17.0 Å². The Morgan fingerprint density at radius 1 is 1.00 bits per heavy atom. The number of thioether (sulfide) groups is 2. The van der Waals surface area contributed by atoms with E-state index in [9.17, 15) is 0 Å². The van der Waals surface area contributed by atoms with Crippen LogP contribution in [0.2, 0.25) is 0 Å². The number of benzene rings is 1. The normalized spacial score (nSPS) is 11.1. The minimum absolute atomic E-state index is 1.15. The van der Waals surface area contributed by atoms with Crippen molar-refractivity contribution < 1.29 is 0 Å². The topological polar surface area (TPSA) is 12.9 Å². The van der Waals surface area contributed by atoms with Crippen LogP contribution in [0, 0.1) is 0 Å². The molecular weight excluding hydrogens is 282 g/mol. The Hall–Kier alpha value is -0.670. The molecule has 0 aliphatic heterocycles. The molecule has 3 heteroatoms. The van der Waals surface area contributed by atoms with Crippen molar-refractivity contribution in [1.29, 1.82) is 0 Å². The van der Waals surface area contributed by atoms with Crippen LogP contribution in [0.4, 0.5) is 0 Å². The van der Waals surface area contributed by atoms with Crippen molar-refractivity contribution in [1.82, 2.24) is 4.98 Å². The Labute approximate surface area is 130 Å². The molecule has 0 unspecified atom stereocenters. The summed E-state index contributed by atoms with van der Waals surface area (Å²) >= 11 is 3.75. The van der Waals surface area contributed by atoms with Crippen LogP contribution in [0.5, 0.6) is 0 Å². The van der Waals surface area contributed by atoms with E-state index < -0.39 is 0 Å². The van der Waals surface area contributed by atoms with Crippen LogP contribution in [-0.2, 0) is 0 Å². The summed E-state index contributed by atoms with van der Waals surface area (Å²) < 4.78 is 0. The molecule has 2 rings (SSSR count). The molecule has 0 N–H and O–H groups in total. The van der Waals surface area contributed by atoms with Gasteiger partial charge in [0.1, 0.15) is 0 Å². The van der Waals surface area contributed by atoms with Gasteiger partial charge < -0.3 is 0 Å². The van der Waals surface area contributed by atoms with Crippen LogP contribution >= 0.6 is 23.5 Å². The molecule has 0 amide bonds. The zero-order valence-corrected chi connectivity index (χ0v) is 14.0. The molecule has 0 atom stereocenters. The van der Waals surface area contributed by atoms with Crippen molar-refractivity contribution in [3.63, 3.8) is 0 Å². The number of pyridine rings is 1. The third-order valence-corrected chi connectivity index (χ3v) is 5.35. The standard InChI is InChI=1S/C17H23NS2/c1-3-4-5-6-7-13-20-15-10-11-16(19-2)17-14(15)9-8-12-18-17/h8-12H,3-7,13H2,1-2H3. The highest BCUT2D eigenvalue weighted by Gasteiger charge is 2.06. The maximum Gasteiger partial charge on any atom is 0.0848 e. The van der Waals surface area contributed by atoms with Crippen LogP contribution in [0.1, 0.15) is 39.0 Å².